The highest BCUT2D eigenvalue weighted by molar-refractivity contribution is 4.82. The summed E-state index contributed by atoms with van der Waals surface area (Å²) in [5.74, 6) is 0. The van der Waals surface area contributed by atoms with Crippen molar-refractivity contribution in [2.45, 2.75) is 32.6 Å². The minimum absolute atomic E-state index is 0.908. The number of morpholine rings is 1. The first kappa shape index (κ1) is 16.4. The second kappa shape index (κ2) is 11.2. The van der Waals surface area contributed by atoms with Gasteiger partial charge in [0, 0.05) is 13.1 Å². The maximum Gasteiger partial charge on any atom is 0.272 e. The van der Waals surface area contributed by atoms with E-state index in [1.54, 1.807) is 7.05 Å². The molecule has 1 aliphatic rings. The van der Waals surface area contributed by atoms with E-state index < -0.39 is 0 Å². The van der Waals surface area contributed by atoms with Gasteiger partial charge < -0.3 is 9.64 Å². The Balaban J connectivity index is 2.10. The Labute approximate surface area is 118 Å². The molecule has 19 heavy (non-hydrogen) atoms. The first-order valence-corrected chi connectivity index (χ1v) is 7.71. The molecule has 4 nitrogen and oxygen atoms in total. The molecule has 0 unspecified atom stereocenters. The normalized spacial score (nSPS) is 16.4. The highest BCUT2D eigenvalue weighted by Gasteiger charge is 2.10. The maximum atomic E-state index is 5.37. The summed E-state index contributed by atoms with van der Waals surface area (Å²) in [5, 5.41) is 0. The molecule has 0 aromatic carbocycles. The van der Waals surface area contributed by atoms with E-state index in [0.29, 0.717) is 0 Å². The Morgan fingerprint density at radius 3 is 2.58 bits per heavy atom. The Kier molecular flexibility index (Phi) is 9.70. The number of unbranched alkanes of at least 4 members (excludes halogenated alkanes) is 1. The minimum Gasteiger partial charge on any atom is -0.379 e. The van der Waals surface area contributed by atoms with Gasteiger partial charge in [-0.3, -0.25) is 4.90 Å². The predicted octanol–water partition coefficient (Wildman–Crippen LogP) is 2.16. The van der Waals surface area contributed by atoms with Gasteiger partial charge in [0.1, 0.15) is 0 Å². The van der Waals surface area contributed by atoms with Crippen LogP contribution in [0.1, 0.15) is 32.6 Å². The van der Waals surface area contributed by atoms with E-state index in [9.17, 15) is 0 Å². The molecular formula is C15H30N3O+. The quantitative estimate of drug-likeness (QED) is 0.598. The first-order chi connectivity index (χ1) is 9.36. The van der Waals surface area contributed by atoms with E-state index in [2.05, 4.69) is 27.6 Å². The Morgan fingerprint density at radius 1 is 1.16 bits per heavy atom. The van der Waals surface area contributed by atoms with E-state index in [-0.39, 0.29) is 0 Å². The van der Waals surface area contributed by atoms with Crippen LogP contribution in [-0.2, 0) is 4.74 Å². The molecule has 0 aliphatic carbocycles. The molecule has 0 aromatic rings. The summed E-state index contributed by atoms with van der Waals surface area (Å²) in [5.41, 5.74) is 0. The SMILES string of the molecule is CCCN(CCCC#[N+]C)CCCN1CCOCC1. The molecule has 0 bridgehead atoms. The third kappa shape index (κ3) is 8.20. The monoisotopic (exact) mass is 268 g/mol. The highest BCUT2D eigenvalue weighted by atomic mass is 16.5. The molecular weight excluding hydrogens is 238 g/mol. The summed E-state index contributed by atoms with van der Waals surface area (Å²) < 4.78 is 5.37. The van der Waals surface area contributed by atoms with Crippen molar-refractivity contribution in [2.75, 3.05) is 59.5 Å². The van der Waals surface area contributed by atoms with Crippen molar-refractivity contribution in [3.63, 3.8) is 0 Å². The number of nitrogens with zero attached hydrogens (tertiary/aromatic N) is 3. The van der Waals surface area contributed by atoms with Gasteiger partial charge in [-0.1, -0.05) is 11.8 Å². The second-order valence-corrected chi connectivity index (χ2v) is 5.13. The summed E-state index contributed by atoms with van der Waals surface area (Å²) in [4.78, 5) is 9.01. The van der Waals surface area contributed by atoms with Crippen LogP contribution in [0.3, 0.4) is 0 Å². The van der Waals surface area contributed by atoms with Crippen molar-refractivity contribution < 1.29 is 4.74 Å². The van der Waals surface area contributed by atoms with Crippen LogP contribution in [0.5, 0.6) is 0 Å². The number of hydrogen-bond donors (Lipinski definition) is 0. The van der Waals surface area contributed by atoms with E-state index in [1.165, 1.54) is 45.4 Å². The molecule has 1 saturated heterocycles. The summed E-state index contributed by atoms with van der Waals surface area (Å²) in [6.07, 6.45) is 4.67. The molecule has 0 amide bonds. The van der Waals surface area contributed by atoms with Gasteiger partial charge >= 0.3 is 0 Å². The van der Waals surface area contributed by atoms with Gasteiger partial charge in [-0.05, 0) is 45.4 Å². The summed E-state index contributed by atoms with van der Waals surface area (Å²) in [6, 6.07) is 3.03. The van der Waals surface area contributed by atoms with E-state index in [1.807, 2.05) is 0 Å². The lowest BCUT2D eigenvalue weighted by Gasteiger charge is -2.28. The molecule has 1 rings (SSSR count). The average Bonchev–Trinajstić information content (AvgIpc) is 2.44. The molecule has 0 N–H and O–H groups in total. The van der Waals surface area contributed by atoms with Crippen LogP contribution in [0.25, 0.3) is 4.85 Å². The average molecular weight is 268 g/mol. The fourth-order valence-corrected chi connectivity index (χ4v) is 2.49. The van der Waals surface area contributed by atoms with Gasteiger partial charge in [0.05, 0.1) is 19.6 Å². The molecule has 1 fully saturated rings. The van der Waals surface area contributed by atoms with Crippen molar-refractivity contribution in [3.05, 3.63) is 4.85 Å². The zero-order valence-electron chi connectivity index (χ0n) is 12.7. The fraction of sp³-hybridized carbons (Fsp3) is 0.933. The molecule has 0 saturated carbocycles. The molecule has 110 valence electrons. The number of ether oxygens (including phenoxy) is 1. The topological polar surface area (TPSA) is 20.1 Å². The third-order valence-corrected chi connectivity index (χ3v) is 3.51. The molecule has 0 spiro atoms. The second-order valence-electron chi connectivity index (χ2n) is 5.13. The molecule has 0 atom stereocenters. The third-order valence-electron chi connectivity index (χ3n) is 3.51. The maximum absolute atomic E-state index is 5.37. The molecule has 4 heteroatoms. The van der Waals surface area contributed by atoms with Crippen molar-refractivity contribution in [1.29, 1.82) is 0 Å². The van der Waals surface area contributed by atoms with Gasteiger partial charge in [0.25, 0.3) is 13.1 Å². The van der Waals surface area contributed by atoms with Crippen LogP contribution < -0.4 is 0 Å². The lowest BCUT2D eigenvalue weighted by atomic mass is 10.2. The van der Waals surface area contributed by atoms with Gasteiger partial charge in [0.2, 0.25) is 0 Å². The van der Waals surface area contributed by atoms with Crippen LogP contribution in [0.4, 0.5) is 0 Å². The number of hydrogen-bond acceptors (Lipinski definition) is 3. The van der Waals surface area contributed by atoms with Crippen molar-refractivity contribution in [2.24, 2.45) is 0 Å². The zero-order valence-corrected chi connectivity index (χ0v) is 12.7. The van der Waals surface area contributed by atoms with Crippen molar-refractivity contribution in [1.82, 2.24) is 9.80 Å². The van der Waals surface area contributed by atoms with Crippen LogP contribution in [-0.4, -0.2) is 69.3 Å². The highest BCUT2D eigenvalue weighted by Crippen LogP contribution is 2.02. The molecule has 0 radical (unpaired) electrons. The standard InChI is InChI=1S/C15H30N3O/c1-3-8-17(9-5-4-7-16-2)10-6-11-18-12-14-19-15-13-18/h3-6,8-15H2,1-2H3/q+1. The Hall–Kier alpha value is -0.630. The fourth-order valence-electron chi connectivity index (χ4n) is 2.49. The largest absolute Gasteiger partial charge is 0.379 e. The van der Waals surface area contributed by atoms with Crippen LogP contribution in [0, 0.1) is 6.07 Å². The Bertz CT molecular complexity index is 266. The van der Waals surface area contributed by atoms with Crippen LogP contribution in [0.2, 0.25) is 0 Å². The van der Waals surface area contributed by atoms with Gasteiger partial charge in [0.15, 0.2) is 0 Å². The molecule has 1 heterocycles. The van der Waals surface area contributed by atoms with Gasteiger partial charge in [-0.2, -0.15) is 0 Å². The molecule has 1 aliphatic heterocycles. The summed E-state index contributed by atoms with van der Waals surface area (Å²) in [6.45, 7) is 11.1. The summed E-state index contributed by atoms with van der Waals surface area (Å²) in [7, 11) is 1.80. The summed E-state index contributed by atoms with van der Waals surface area (Å²) >= 11 is 0. The van der Waals surface area contributed by atoms with Gasteiger partial charge in [-0.25, -0.2) is 0 Å². The van der Waals surface area contributed by atoms with E-state index in [0.717, 1.165) is 32.7 Å². The molecule has 0 aromatic heterocycles. The minimum atomic E-state index is 0.908. The smallest absolute Gasteiger partial charge is 0.272 e. The van der Waals surface area contributed by atoms with E-state index >= 15 is 0 Å². The first-order valence-electron chi connectivity index (χ1n) is 7.71. The predicted molar refractivity (Wildman–Crippen MR) is 81.0 cm³/mol. The van der Waals surface area contributed by atoms with Gasteiger partial charge in [-0.15, -0.1) is 0 Å². The Morgan fingerprint density at radius 2 is 1.89 bits per heavy atom. The van der Waals surface area contributed by atoms with Crippen molar-refractivity contribution >= 4 is 0 Å². The van der Waals surface area contributed by atoms with Crippen molar-refractivity contribution in [3.8, 4) is 6.07 Å². The lowest BCUT2D eigenvalue weighted by Crippen LogP contribution is -2.38. The van der Waals surface area contributed by atoms with Crippen LogP contribution >= 0.6 is 0 Å². The van der Waals surface area contributed by atoms with Crippen LogP contribution in [0.15, 0.2) is 0 Å². The van der Waals surface area contributed by atoms with E-state index in [4.69, 9.17) is 4.74 Å². The zero-order chi connectivity index (χ0) is 13.8. The lowest BCUT2D eigenvalue weighted by molar-refractivity contribution is 0.0361. The number of rotatable bonds is 9.